The van der Waals surface area contributed by atoms with Crippen molar-refractivity contribution >= 4 is 17.3 Å². The van der Waals surface area contributed by atoms with Crippen LogP contribution in [0.4, 0.5) is 0 Å². The number of fused-ring (bicyclic) bond motifs is 1. The maximum atomic E-state index is 11.9. The largest absolute Gasteiger partial charge is 0.507 e. The summed E-state index contributed by atoms with van der Waals surface area (Å²) >= 11 is 0. The predicted molar refractivity (Wildman–Crippen MR) is 66.2 cm³/mol. The van der Waals surface area contributed by atoms with E-state index in [9.17, 15) is 14.7 Å². The van der Waals surface area contributed by atoms with E-state index in [1.165, 1.54) is 6.07 Å². The minimum atomic E-state index is -0.675. The van der Waals surface area contributed by atoms with Crippen molar-refractivity contribution in [3.63, 3.8) is 0 Å². The molecule has 1 aliphatic rings. The molecule has 2 rings (SSSR count). The number of hydrogen-bond donors (Lipinski definition) is 2. The Labute approximate surface area is 105 Å². The normalized spacial score (nSPS) is 16.8. The van der Waals surface area contributed by atoms with Crippen molar-refractivity contribution in [1.29, 1.82) is 0 Å². The number of benzene rings is 1. The van der Waals surface area contributed by atoms with Gasteiger partial charge in [-0.25, -0.2) is 0 Å². The second-order valence-corrected chi connectivity index (χ2v) is 4.52. The van der Waals surface area contributed by atoms with Crippen molar-refractivity contribution in [3.8, 4) is 0 Å². The van der Waals surface area contributed by atoms with E-state index in [1.807, 2.05) is 0 Å². The van der Waals surface area contributed by atoms with Crippen molar-refractivity contribution in [2.24, 2.45) is 5.92 Å². The fourth-order valence-corrected chi connectivity index (χ4v) is 2.02. The molecule has 1 aromatic carbocycles. The monoisotopic (exact) mass is 246 g/mol. The lowest BCUT2D eigenvalue weighted by molar-refractivity contribution is -0.112. The lowest BCUT2D eigenvalue weighted by Gasteiger charge is -2.19. The molecular weight excluding hydrogens is 232 g/mol. The topological polar surface area (TPSA) is 74.6 Å². The third kappa shape index (κ3) is 1.95. The van der Waals surface area contributed by atoms with Crippen LogP contribution in [0.3, 0.4) is 0 Å². The van der Waals surface area contributed by atoms with Crippen molar-refractivity contribution in [1.82, 2.24) is 0 Å². The van der Waals surface area contributed by atoms with Gasteiger partial charge in [0.15, 0.2) is 0 Å². The molecular formula is C14H14O4. The minimum Gasteiger partial charge on any atom is -0.507 e. The van der Waals surface area contributed by atoms with Crippen LogP contribution in [0.25, 0.3) is 5.76 Å². The van der Waals surface area contributed by atoms with Gasteiger partial charge in [0.25, 0.3) is 0 Å². The molecule has 18 heavy (non-hydrogen) atoms. The molecule has 2 N–H and O–H groups in total. The number of allylic oxidation sites excluding steroid dienone is 1. The molecule has 0 heterocycles. The molecule has 0 aromatic heterocycles. The van der Waals surface area contributed by atoms with Crippen molar-refractivity contribution in [2.75, 3.05) is 6.61 Å². The number of aliphatic hydroxyl groups is 2. The Kier molecular flexibility index (Phi) is 3.30. The van der Waals surface area contributed by atoms with Gasteiger partial charge in [-0.1, -0.05) is 31.2 Å². The first-order valence-electron chi connectivity index (χ1n) is 5.77. The highest BCUT2D eigenvalue weighted by atomic mass is 16.3. The summed E-state index contributed by atoms with van der Waals surface area (Å²) in [6, 6.07) is 6.49. The summed E-state index contributed by atoms with van der Waals surface area (Å²) in [4.78, 5) is 23.8. The van der Waals surface area contributed by atoms with Crippen LogP contribution in [0.1, 0.15) is 29.3 Å². The van der Waals surface area contributed by atoms with Gasteiger partial charge in [0.2, 0.25) is 11.6 Å². The summed E-state index contributed by atoms with van der Waals surface area (Å²) in [5.41, 5.74) is 0.725. The average molecular weight is 246 g/mol. The fraction of sp³-hybridized carbons (Fsp3) is 0.286. The second-order valence-electron chi connectivity index (χ2n) is 4.52. The fourth-order valence-electron chi connectivity index (χ4n) is 2.02. The van der Waals surface area contributed by atoms with E-state index >= 15 is 0 Å². The minimum absolute atomic E-state index is 0.0973. The summed E-state index contributed by atoms with van der Waals surface area (Å²) in [6.45, 7) is 1.65. The Bertz CT molecular complexity index is 542. The number of carbonyl (C=O) groups is 2. The van der Waals surface area contributed by atoms with Gasteiger partial charge in [-0.05, 0) is 12.3 Å². The Balaban J connectivity index is 2.52. The SMILES string of the molecule is C[C@@H](CO)CC1=C(O)c2ccccc2C(=O)C1=O. The molecule has 0 aliphatic heterocycles. The van der Waals surface area contributed by atoms with Crippen molar-refractivity contribution in [3.05, 3.63) is 41.0 Å². The quantitative estimate of drug-likeness (QED) is 0.796. The van der Waals surface area contributed by atoms with E-state index in [-0.39, 0.29) is 35.8 Å². The van der Waals surface area contributed by atoms with Crippen LogP contribution in [0.15, 0.2) is 29.8 Å². The number of Topliss-reactive ketones (excluding diaryl/α,β-unsaturated/α-hetero) is 2. The number of ketones is 2. The highest BCUT2D eigenvalue weighted by Gasteiger charge is 2.32. The zero-order valence-corrected chi connectivity index (χ0v) is 10.0. The molecule has 94 valence electrons. The van der Waals surface area contributed by atoms with Gasteiger partial charge in [-0.3, -0.25) is 9.59 Å². The van der Waals surface area contributed by atoms with Gasteiger partial charge >= 0.3 is 0 Å². The van der Waals surface area contributed by atoms with Gasteiger partial charge in [-0.15, -0.1) is 0 Å². The van der Waals surface area contributed by atoms with E-state index in [4.69, 9.17) is 5.11 Å². The first-order chi connectivity index (χ1) is 8.56. The highest BCUT2D eigenvalue weighted by molar-refractivity contribution is 6.52. The van der Waals surface area contributed by atoms with Gasteiger partial charge < -0.3 is 10.2 Å². The first-order valence-corrected chi connectivity index (χ1v) is 5.77. The Morgan fingerprint density at radius 2 is 1.72 bits per heavy atom. The van der Waals surface area contributed by atoms with E-state index in [1.54, 1.807) is 25.1 Å². The summed E-state index contributed by atoms with van der Waals surface area (Å²) < 4.78 is 0. The Hall–Kier alpha value is -1.94. The standard InChI is InChI=1S/C14H14O4/c1-8(7-15)6-11-12(16)9-4-2-3-5-10(9)13(17)14(11)18/h2-5,8,15-16H,6-7H2,1H3/t8-/m1/s1. The van der Waals surface area contributed by atoms with Crippen LogP contribution in [0.2, 0.25) is 0 Å². The van der Waals surface area contributed by atoms with Crippen LogP contribution in [0, 0.1) is 5.92 Å². The van der Waals surface area contributed by atoms with Crippen LogP contribution in [-0.4, -0.2) is 28.4 Å². The zero-order chi connectivity index (χ0) is 13.3. The smallest absolute Gasteiger partial charge is 0.234 e. The van der Waals surface area contributed by atoms with Crippen LogP contribution in [-0.2, 0) is 4.79 Å². The van der Waals surface area contributed by atoms with Crippen LogP contribution < -0.4 is 0 Å². The first kappa shape index (κ1) is 12.5. The van der Waals surface area contributed by atoms with E-state index in [2.05, 4.69) is 0 Å². The van der Waals surface area contributed by atoms with Crippen molar-refractivity contribution < 1.29 is 19.8 Å². The van der Waals surface area contributed by atoms with E-state index in [0.29, 0.717) is 5.56 Å². The molecule has 0 unspecified atom stereocenters. The summed E-state index contributed by atoms with van der Waals surface area (Å²) in [5.74, 6) is -1.59. The van der Waals surface area contributed by atoms with Crippen LogP contribution in [0.5, 0.6) is 0 Å². The summed E-state index contributed by atoms with van der Waals surface area (Å²) in [7, 11) is 0. The molecule has 1 atom stereocenters. The van der Waals surface area contributed by atoms with E-state index < -0.39 is 11.6 Å². The van der Waals surface area contributed by atoms with Gasteiger partial charge in [0.05, 0.1) is 0 Å². The molecule has 0 amide bonds. The summed E-state index contributed by atoms with van der Waals surface area (Å²) in [6.07, 6.45) is 0.196. The highest BCUT2D eigenvalue weighted by Crippen LogP contribution is 2.30. The van der Waals surface area contributed by atoms with Gasteiger partial charge in [0.1, 0.15) is 5.76 Å². The molecule has 4 heteroatoms. The molecule has 0 fully saturated rings. The lowest BCUT2D eigenvalue weighted by atomic mass is 9.85. The number of hydrogen-bond acceptors (Lipinski definition) is 4. The Morgan fingerprint density at radius 3 is 2.33 bits per heavy atom. The molecule has 1 aliphatic carbocycles. The predicted octanol–water partition coefficient (Wildman–Crippen LogP) is 1.74. The van der Waals surface area contributed by atoms with E-state index in [0.717, 1.165) is 0 Å². The third-order valence-corrected chi connectivity index (χ3v) is 3.06. The maximum Gasteiger partial charge on any atom is 0.234 e. The molecule has 0 saturated heterocycles. The molecule has 0 radical (unpaired) electrons. The van der Waals surface area contributed by atoms with Crippen LogP contribution >= 0.6 is 0 Å². The summed E-state index contributed by atoms with van der Waals surface area (Å²) in [5, 5.41) is 19.1. The molecule has 1 aromatic rings. The maximum absolute atomic E-state index is 11.9. The van der Waals surface area contributed by atoms with Gasteiger partial charge in [0, 0.05) is 23.3 Å². The molecule has 0 saturated carbocycles. The van der Waals surface area contributed by atoms with Gasteiger partial charge in [-0.2, -0.15) is 0 Å². The number of aliphatic hydroxyl groups excluding tert-OH is 2. The Morgan fingerprint density at radius 1 is 1.11 bits per heavy atom. The molecule has 0 bridgehead atoms. The number of carbonyl (C=O) groups excluding carboxylic acids is 2. The van der Waals surface area contributed by atoms with Crippen molar-refractivity contribution in [2.45, 2.75) is 13.3 Å². The number of rotatable bonds is 3. The second kappa shape index (κ2) is 4.74. The zero-order valence-electron chi connectivity index (χ0n) is 10.0. The molecule has 4 nitrogen and oxygen atoms in total. The lowest BCUT2D eigenvalue weighted by Crippen LogP contribution is -2.25. The molecule has 0 spiro atoms. The third-order valence-electron chi connectivity index (χ3n) is 3.06. The average Bonchev–Trinajstić information content (AvgIpc) is 2.40.